The topological polar surface area (TPSA) is 24.9 Å². The third kappa shape index (κ3) is 1.55. The summed E-state index contributed by atoms with van der Waals surface area (Å²) in [5.41, 5.74) is 2.09. The van der Waals surface area contributed by atoms with Crippen molar-refractivity contribution in [3.63, 3.8) is 0 Å². The van der Waals surface area contributed by atoms with Crippen LogP contribution in [-0.2, 0) is 0 Å². The first kappa shape index (κ1) is 8.26. The fourth-order valence-electron chi connectivity index (χ4n) is 1.25. The monoisotopic (exact) mass is 190 g/mol. The minimum absolute atomic E-state index is 1.04. The van der Waals surface area contributed by atoms with E-state index in [0.717, 1.165) is 16.2 Å². The molecule has 0 saturated heterocycles. The Kier molecular flexibility index (Phi) is 2.02. The van der Waals surface area contributed by atoms with E-state index in [4.69, 9.17) is 0 Å². The Morgan fingerprint density at radius 1 is 1.54 bits per heavy atom. The quantitative estimate of drug-likeness (QED) is 0.786. The predicted octanol–water partition coefficient (Wildman–Crippen LogP) is 3.16. The predicted molar refractivity (Wildman–Crippen MR) is 58.2 cm³/mol. The highest BCUT2D eigenvalue weighted by Crippen LogP contribution is 2.24. The summed E-state index contributed by atoms with van der Waals surface area (Å²) in [5, 5.41) is 4.14. The van der Waals surface area contributed by atoms with Crippen molar-refractivity contribution in [3.05, 3.63) is 36.0 Å². The summed E-state index contributed by atoms with van der Waals surface area (Å²) in [4.78, 5) is 4.40. The number of anilines is 1. The van der Waals surface area contributed by atoms with Gasteiger partial charge in [0.25, 0.3) is 0 Å². The largest absolute Gasteiger partial charge is 0.362 e. The standard InChI is InChI=1S/C10H10N2S/c1-3-11-8-4-5-10-9(6-8)12-7(2)13-10/h3-6,11H,1H2,2H3. The molecule has 1 aromatic heterocycles. The van der Waals surface area contributed by atoms with Gasteiger partial charge >= 0.3 is 0 Å². The molecule has 2 nitrogen and oxygen atoms in total. The number of aryl methyl sites for hydroxylation is 1. The second-order valence-corrected chi connectivity index (χ2v) is 4.00. The Morgan fingerprint density at radius 3 is 3.15 bits per heavy atom. The fraction of sp³-hybridized carbons (Fsp3) is 0.100. The highest BCUT2D eigenvalue weighted by atomic mass is 32.1. The number of nitrogens with zero attached hydrogens (tertiary/aromatic N) is 1. The van der Waals surface area contributed by atoms with E-state index in [1.165, 1.54) is 4.70 Å². The van der Waals surface area contributed by atoms with Gasteiger partial charge in [-0.15, -0.1) is 11.3 Å². The van der Waals surface area contributed by atoms with Crippen molar-refractivity contribution in [2.45, 2.75) is 6.92 Å². The van der Waals surface area contributed by atoms with E-state index in [1.54, 1.807) is 17.5 Å². The fourth-order valence-corrected chi connectivity index (χ4v) is 2.06. The van der Waals surface area contributed by atoms with Crippen LogP contribution in [0.3, 0.4) is 0 Å². The lowest BCUT2D eigenvalue weighted by Crippen LogP contribution is -1.84. The number of aromatic nitrogens is 1. The number of rotatable bonds is 2. The van der Waals surface area contributed by atoms with Crippen LogP contribution < -0.4 is 5.32 Å². The lowest BCUT2D eigenvalue weighted by molar-refractivity contribution is 1.35. The van der Waals surface area contributed by atoms with Crippen LogP contribution in [0.4, 0.5) is 5.69 Å². The summed E-state index contributed by atoms with van der Waals surface area (Å²) in [6.45, 7) is 5.63. The van der Waals surface area contributed by atoms with Gasteiger partial charge in [0.1, 0.15) is 0 Å². The van der Waals surface area contributed by atoms with E-state index in [2.05, 4.69) is 22.9 Å². The average molecular weight is 190 g/mol. The second-order valence-electron chi connectivity index (χ2n) is 2.76. The van der Waals surface area contributed by atoms with Gasteiger partial charge in [-0.3, -0.25) is 0 Å². The van der Waals surface area contributed by atoms with E-state index in [1.807, 2.05) is 19.1 Å². The number of thiazole rings is 1. The van der Waals surface area contributed by atoms with Gasteiger partial charge in [0, 0.05) is 5.69 Å². The van der Waals surface area contributed by atoms with Crippen LogP contribution >= 0.6 is 11.3 Å². The van der Waals surface area contributed by atoms with Crippen LogP contribution in [0.5, 0.6) is 0 Å². The molecular weight excluding hydrogens is 180 g/mol. The maximum atomic E-state index is 4.40. The number of benzene rings is 1. The number of fused-ring (bicyclic) bond motifs is 1. The molecule has 13 heavy (non-hydrogen) atoms. The third-order valence-electron chi connectivity index (χ3n) is 1.76. The molecule has 0 aliphatic carbocycles. The van der Waals surface area contributed by atoms with Gasteiger partial charge in [0.15, 0.2) is 0 Å². The molecule has 1 aromatic carbocycles. The summed E-state index contributed by atoms with van der Waals surface area (Å²) < 4.78 is 1.23. The molecule has 0 unspecified atom stereocenters. The van der Waals surface area contributed by atoms with Gasteiger partial charge in [-0.25, -0.2) is 4.98 Å². The molecule has 0 bridgehead atoms. The van der Waals surface area contributed by atoms with Gasteiger partial charge in [-0.05, 0) is 31.3 Å². The van der Waals surface area contributed by atoms with Gasteiger partial charge in [-0.1, -0.05) is 6.58 Å². The molecule has 0 amide bonds. The summed E-state index contributed by atoms with van der Waals surface area (Å²) in [6, 6.07) is 6.13. The van der Waals surface area contributed by atoms with Crippen molar-refractivity contribution in [2.24, 2.45) is 0 Å². The van der Waals surface area contributed by atoms with Crippen molar-refractivity contribution in [3.8, 4) is 0 Å². The normalized spacial score (nSPS) is 10.2. The van der Waals surface area contributed by atoms with Gasteiger partial charge in [-0.2, -0.15) is 0 Å². The molecule has 0 fully saturated rings. The molecule has 0 atom stereocenters. The van der Waals surface area contributed by atoms with Crippen molar-refractivity contribution < 1.29 is 0 Å². The van der Waals surface area contributed by atoms with Crippen molar-refractivity contribution in [2.75, 3.05) is 5.32 Å². The molecule has 0 saturated carbocycles. The minimum Gasteiger partial charge on any atom is -0.362 e. The first-order valence-corrected chi connectivity index (χ1v) is 4.86. The van der Waals surface area contributed by atoms with Crippen molar-refractivity contribution in [1.29, 1.82) is 0 Å². The molecule has 0 aliphatic heterocycles. The smallest absolute Gasteiger partial charge is 0.0907 e. The van der Waals surface area contributed by atoms with Crippen LogP contribution in [0.15, 0.2) is 31.0 Å². The molecule has 0 aliphatic rings. The average Bonchev–Trinajstić information content (AvgIpc) is 2.44. The SMILES string of the molecule is C=CNc1ccc2sc(C)nc2c1. The molecule has 2 rings (SSSR count). The maximum Gasteiger partial charge on any atom is 0.0907 e. The number of hydrogen-bond donors (Lipinski definition) is 1. The minimum atomic E-state index is 1.04. The van der Waals surface area contributed by atoms with Crippen LogP contribution in [-0.4, -0.2) is 4.98 Å². The van der Waals surface area contributed by atoms with E-state index in [9.17, 15) is 0 Å². The zero-order valence-electron chi connectivity index (χ0n) is 7.37. The molecule has 1 heterocycles. The Labute approximate surface area is 80.9 Å². The van der Waals surface area contributed by atoms with Crippen molar-refractivity contribution >= 4 is 27.2 Å². The van der Waals surface area contributed by atoms with Gasteiger partial charge < -0.3 is 5.32 Å². The van der Waals surface area contributed by atoms with Crippen LogP contribution in [0.25, 0.3) is 10.2 Å². The Hall–Kier alpha value is -1.35. The highest BCUT2D eigenvalue weighted by molar-refractivity contribution is 7.18. The summed E-state index contributed by atoms with van der Waals surface area (Å²) in [7, 11) is 0. The van der Waals surface area contributed by atoms with Gasteiger partial charge in [0.2, 0.25) is 0 Å². The Bertz CT molecular complexity index is 445. The maximum absolute atomic E-state index is 4.40. The lowest BCUT2D eigenvalue weighted by Gasteiger charge is -1.97. The second kappa shape index (κ2) is 3.18. The third-order valence-corrected chi connectivity index (χ3v) is 2.72. The number of nitrogens with one attached hydrogen (secondary N) is 1. The van der Waals surface area contributed by atoms with E-state index in [-0.39, 0.29) is 0 Å². The first-order valence-electron chi connectivity index (χ1n) is 4.04. The summed E-state index contributed by atoms with van der Waals surface area (Å²) in [6.07, 6.45) is 1.67. The molecule has 3 heteroatoms. The van der Waals surface area contributed by atoms with Crippen LogP contribution in [0.2, 0.25) is 0 Å². The molecule has 0 spiro atoms. The summed E-state index contributed by atoms with van der Waals surface area (Å²) in [5.74, 6) is 0. The van der Waals surface area contributed by atoms with Crippen LogP contribution in [0.1, 0.15) is 5.01 Å². The first-order chi connectivity index (χ1) is 6.29. The highest BCUT2D eigenvalue weighted by Gasteiger charge is 1.99. The van der Waals surface area contributed by atoms with E-state index < -0.39 is 0 Å². The summed E-state index contributed by atoms with van der Waals surface area (Å²) >= 11 is 1.71. The molecule has 0 radical (unpaired) electrons. The lowest BCUT2D eigenvalue weighted by atomic mass is 10.3. The van der Waals surface area contributed by atoms with Crippen molar-refractivity contribution in [1.82, 2.24) is 4.98 Å². The number of hydrogen-bond acceptors (Lipinski definition) is 3. The zero-order valence-corrected chi connectivity index (χ0v) is 8.19. The molecular formula is C10H10N2S. The molecule has 1 N–H and O–H groups in total. The molecule has 2 aromatic rings. The van der Waals surface area contributed by atoms with E-state index >= 15 is 0 Å². The Balaban J connectivity index is 2.54. The molecule has 66 valence electrons. The Morgan fingerprint density at radius 2 is 2.38 bits per heavy atom. The zero-order chi connectivity index (χ0) is 9.26. The van der Waals surface area contributed by atoms with Gasteiger partial charge in [0.05, 0.1) is 15.2 Å². The van der Waals surface area contributed by atoms with E-state index in [0.29, 0.717) is 0 Å². The van der Waals surface area contributed by atoms with Crippen LogP contribution in [0, 0.1) is 6.92 Å².